The van der Waals surface area contributed by atoms with Crippen molar-refractivity contribution < 1.29 is 5.11 Å². The highest BCUT2D eigenvalue weighted by Crippen LogP contribution is 2.36. The fourth-order valence-corrected chi connectivity index (χ4v) is 3.93. The summed E-state index contributed by atoms with van der Waals surface area (Å²) in [5.41, 5.74) is 7.22. The highest BCUT2D eigenvalue weighted by molar-refractivity contribution is 6.43. The van der Waals surface area contributed by atoms with Gasteiger partial charge in [0.25, 0.3) is 0 Å². The van der Waals surface area contributed by atoms with Gasteiger partial charge >= 0.3 is 0 Å². The Morgan fingerprint density at radius 1 is 1.33 bits per heavy atom. The number of benzene rings is 1. The number of aliphatic hydroxyl groups is 1. The molecule has 2 aromatic heterocycles. The molecule has 1 aliphatic rings. The molecule has 4 rings (SSSR count). The van der Waals surface area contributed by atoms with E-state index in [1.807, 2.05) is 29.7 Å². The van der Waals surface area contributed by atoms with E-state index in [4.69, 9.17) is 28.9 Å². The summed E-state index contributed by atoms with van der Waals surface area (Å²) in [6.45, 7) is 3.75. The van der Waals surface area contributed by atoms with Gasteiger partial charge < -0.3 is 15.7 Å². The number of halogens is 2. The number of piperidine rings is 1. The van der Waals surface area contributed by atoms with Crippen molar-refractivity contribution in [3.05, 3.63) is 46.8 Å². The lowest BCUT2D eigenvalue weighted by Crippen LogP contribution is -2.53. The number of hydrogen-bond donors (Lipinski definition) is 2. The van der Waals surface area contributed by atoms with E-state index in [-0.39, 0.29) is 5.41 Å². The van der Waals surface area contributed by atoms with Crippen LogP contribution in [-0.2, 0) is 0 Å². The largest absolute Gasteiger partial charge is 0.391 e. The molecule has 8 heteroatoms. The van der Waals surface area contributed by atoms with Crippen LogP contribution in [0, 0.1) is 5.41 Å². The molecular weight excluding hydrogens is 385 g/mol. The third kappa shape index (κ3) is 3.06. The first-order valence-corrected chi connectivity index (χ1v) is 9.60. The molecule has 0 spiro atoms. The Hall–Kier alpha value is -1.86. The van der Waals surface area contributed by atoms with Crippen LogP contribution in [0.2, 0.25) is 10.0 Å². The number of β-amino-alcohol motifs (C(OH)–C–C–N with tert-alkyl or cyclic N) is 1. The van der Waals surface area contributed by atoms with E-state index in [2.05, 4.69) is 14.9 Å². The minimum absolute atomic E-state index is 0.263. The fraction of sp³-hybridized carbons (Fsp3) is 0.368. The number of aromatic nitrogens is 3. The average Bonchev–Trinajstić information content (AvgIpc) is 3.10. The van der Waals surface area contributed by atoms with E-state index in [0.717, 1.165) is 29.9 Å². The van der Waals surface area contributed by atoms with Gasteiger partial charge in [0.2, 0.25) is 0 Å². The van der Waals surface area contributed by atoms with Gasteiger partial charge in [0.15, 0.2) is 5.82 Å². The van der Waals surface area contributed by atoms with Crippen molar-refractivity contribution in [3.63, 3.8) is 0 Å². The van der Waals surface area contributed by atoms with Gasteiger partial charge in [-0.2, -0.15) is 0 Å². The SMILES string of the molecule is C[C@]1(CN)CCN(c2nccn3c(-c4cccc(Cl)c4Cl)ncc23)C[C@H]1O. The second-order valence-corrected chi connectivity index (χ2v) is 8.04. The van der Waals surface area contributed by atoms with Gasteiger partial charge in [-0.1, -0.05) is 36.2 Å². The second-order valence-electron chi connectivity index (χ2n) is 7.26. The van der Waals surface area contributed by atoms with Gasteiger partial charge in [-0.15, -0.1) is 0 Å². The highest BCUT2D eigenvalue weighted by atomic mass is 35.5. The van der Waals surface area contributed by atoms with E-state index in [0.29, 0.717) is 29.0 Å². The number of aliphatic hydroxyl groups excluding tert-OH is 1. The zero-order valence-electron chi connectivity index (χ0n) is 14.9. The molecule has 3 N–H and O–H groups in total. The van der Waals surface area contributed by atoms with Crippen molar-refractivity contribution in [2.24, 2.45) is 11.1 Å². The minimum atomic E-state index is -0.511. The lowest BCUT2D eigenvalue weighted by molar-refractivity contribution is 0.0279. The molecule has 0 saturated carbocycles. The maximum atomic E-state index is 10.6. The molecule has 1 saturated heterocycles. The number of nitrogens with zero attached hydrogens (tertiary/aromatic N) is 4. The van der Waals surface area contributed by atoms with Gasteiger partial charge in [0.05, 0.1) is 22.3 Å². The Bertz CT molecular complexity index is 991. The van der Waals surface area contributed by atoms with Gasteiger partial charge in [-0.25, -0.2) is 9.97 Å². The summed E-state index contributed by atoms with van der Waals surface area (Å²) < 4.78 is 1.95. The quantitative estimate of drug-likeness (QED) is 0.698. The second kappa shape index (κ2) is 6.95. The Morgan fingerprint density at radius 3 is 2.89 bits per heavy atom. The lowest BCUT2D eigenvalue weighted by atomic mass is 9.78. The lowest BCUT2D eigenvalue weighted by Gasteiger charge is -2.43. The standard InChI is InChI=1S/C19H21Cl2N5O/c1-19(11-22)5-7-25(10-15(19)27)18-14-9-24-17(26(14)8-6-23-18)12-3-2-4-13(20)16(12)21/h2-4,6,8-9,15,27H,5,7,10-11,22H2,1H3/t15-,19-/m1/s1. The Morgan fingerprint density at radius 2 is 2.15 bits per heavy atom. The summed E-state index contributed by atoms with van der Waals surface area (Å²) in [5, 5.41) is 11.5. The molecule has 2 atom stereocenters. The molecule has 3 heterocycles. The predicted molar refractivity (Wildman–Crippen MR) is 108 cm³/mol. The molecule has 1 fully saturated rings. The van der Waals surface area contributed by atoms with Crippen LogP contribution in [0.15, 0.2) is 36.8 Å². The zero-order chi connectivity index (χ0) is 19.2. The molecule has 142 valence electrons. The number of nitrogens with two attached hydrogens (primary N) is 1. The third-order valence-electron chi connectivity index (χ3n) is 5.55. The molecule has 3 aromatic rings. The number of hydrogen-bond acceptors (Lipinski definition) is 5. The van der Waals surface area contributed by atoms with E-state index in [9.17, 15) is 5.11 Å². The van der Waals surface area contributed by atoms with Crippen molar-refractivity contribution in [2.45, 2.75) is 19.4 Å². The smallest absolute Gasteiger partial charge is 0.154 e. The monoisotopic (exact) mass is 405 g/mol. The number of rotatable bonds is 3. The minimum Gasteiger partial charge on any atom is -0.391 e. The molecule has 0 amide bonds. The Labute approximate surface area is 167 Å². The molecule has 0 bridgehead atoms. The molecule has 27 heavy (non-hydrogen) atoms. The van der Waals surface area contributed by atoms with Gasteiger partial charge in [-0.3, -0.25) is 4.40 Å². The summed E-state index contributed by atoms with van der Waals surface area (Å²) in [6.07, 6.45) is 5.65. The molecule has 0 radical (unpaired) electrons. The first kappa shape index (κ1) is 18.5. The maximum absolute atomic E-state index is 10.6. The van der Waals surface area contributed by atoms with Crippen LogP contribution in [-0.4, -0.2) is 45.2 Å². The molecule has 1 aliphatic heterocycles. The normalized spacial score (nSPS) is 23.1. The number of anilines is 1. The van der Waals surface area contributed by atoms with Crippen LogP contribution in [0.25, 0.3) is 16.9 Å². The van der Waals surface area contributed by atoms with Crippen LogP contribution in [0.5, 0.6) is 0 Å². The van der Waals surface area contributed by atoms with Crippen LogP contribution >= 0.6 is 23.2 Å². The van der Waals surface area contributed by atoms with Crippen LogP contribution in [0.1, 0.15) is 13.3 Å². The first-order valence-electron chi connectivity index (χ1n) is 8.84. The fourth-order valence-electron chi connectivity index (χ4n) is 3.54. The maximum Gasteiger partial charge on any atom is 0.154 e. The van der Waals surface area contributed by atoms with Crippen LogP contribution < -0.4 is 10.6 Å². The van der Waals surface area contributed by atoms with E-state index >= 15 is 0 Å². The van der Waals surface area contributed by atoms with Crippen molar-refractivity contribution in [3.8, 4) is 11.4 Å². The summed E-state index contributed by atoms with van der Waals surface area (Å²) in [6, 6.07) is 5.49. The Balaban J connectivity index is 1.75. The highest BCUT2D eigenvalue weighted by Gasteiger charge is 2.38. The first-order chi connectivity index (χ1) is 12.9. The molecular formula is C19H21Cl2N5O. The van der Waals surface area contributed by atoms with Gasteiger partial charge in [0, 0.05) is 43.0 Å². The van der Waals surface area contributed by atoms with Gasteiger partial charge in [-0.05, 0) is 18.6 Å². The zero-order valence-corrected chi connectivity index (χ0v) is 16.5. The van der Waals surface area contributed by atoms with Crippen molar-refractivity contribution in [1.29, 1.82) is 0 Å². The molecule has 0 unspecified atom stereocenters. The molecule has 1 aromatic carbocycles. The predicted octanol–water partition coefficient (Wildman–Crippen LogP) is 3.24. The van der Waals surface area contributed by atoms with Crippen LogP contribution in [0.3, 0.4) is 0 Å². The topological polar surface area (TPSA) is 79.7 Å². The summed E-state index contributed by atoms with van der Waals surface area (Å²) in [4.78, 5) is 11.2. The Kier molecular flexibility index (Phi) is 4.76. The number of fused-ring (bicyclic) bond motifs is 1. The third-order valence-corrected chi connectivity index (χ3v) is 6.37. The average molecular weight is 406 g/mol. The van der Waals surface area contributed by atoms with E-state index < -0.39 is 6.10 Å². The van der Waals surface area contributed by atoms with Gasteiger partial charge in [0.1, 0.15) is 11.3 Å². The number of imidazole rings is 1. The van der Waals surface area contributed by atoms with Crippen molar-refractivity contribution >= 4 is 34.5 Å². The summed E-state index contributed by atoms with van der Waals surface area (Å²) >= 11 is 12.5. The van der Waals surface area contributed by atoms with E-state index in [1.54, 1.807) is 18.5 Å². The molecule has 6 nitrogen and oxygen atoms in total. The van der Waals surface area contributed by atoms with Crippen molar-refractivity contribution in [1.82, 2.24) is 14.4 Å². The van der Waals surface area contributed by atoms with Crippen LogP contribution in [0.4, 0.5) is 5.82 Å². The molecule has 0 aliphatic carbocycles. The van der Waals surface area contributed by atoms with E-state index in [1.165, 1.54) is 0 Å². The summed E-state index contributed by atoms with van der Waals surface area (Å²) in [7, 11) is 0. The summed E-state index contributed by atoms with van der Waals surface area (Å²) in [5.74, 6) is 1.48. The van der Waals surface area contributed by atoms with Crippen molar-refractivity contribution in [2.75, 3.05) is 24.5 Å².